The SMILES string of the molecule is Cc1noc(-c2ccc(N3CCSCC3)nc2)n1. The highest BCUT2D eigenvalue weighted by atomic mass is 32.2. The fourth-order valence-corrected chi connectivity index (χ4v) is 2.81. The number of pyridine rings is 1. The third kappa shape index (κ3) is 2.33. The Hall–Kier alpha value is -1.56. The Bertz CT molecular complexity index is 519. The van der Waals surface area contributed by atoms with Crippen molar-refractivity contribution in [2.75, 3.05) is 29.5 Å². The first-order valence-corrected chi connectivity index (χ1v) is 7.08. The number of nitrogens with zero attached hydrogens (tertiary/aromatic N) is 4. The molecule has 0 amide bonds. The molecule has 0 bridgehead atoms. The average Bonchev–Trinajstić information content (AvgIpc) is 2.87. The molecule has 0 aliphatic carbocycles. The minimum absolute atomic E-state index is 0.528. The van der Waals surface area contributed by atoms with E-state index < -0.39 is 0 Å². The summed E-state index contributed by atoms with van der Waals surface area (Å²) in [6.45, 7) is 3.94. The summed E-state index contributed by atoms with van der Waals surface area (Å²) in [7, 11) is 0. The molecule has 1 fully saturated rings. The minimum atomic E-state index is 0.528. The molecule has 18 heavy (non-hydrogen) atoms. The lowest BCUT2D eigenvalue weighted by molar-refractivity contribution is 0.425. The van der Waals surface area contributed by atoms with E-state index in [1.165, 1.54) is 11.5 Å². The van der Waals surface area contributed by atoms with Gasteiger partial charge >= 0.3 is 0 Å². The molecule has 0 spiro atoms. The summed E-state index contributed by atoms with van der Waals surface area (Å²) < 4.78 is 5.12. The highest BCUT2D eigenvalue weighted by molar-refractivity contribution is 7.99. The van der Waals surface area contributed by atoms with Crippen LogP contribution in [0.1, 0.15) is 5.82 Å². The molecule has 0 atom stereocenters. The molecule has 2 aromatic rings. The number of hydrogen-bond acceptors (Lipinski definition) is 6. The van der Waals surface area contributed by atoms with Crippen molar-refractivity contribution >= 4 is 17.6 Å². The Morgan fingerprint density at radius 1 is 1.28 bits per heavy atom. The van der Waals surface area contributed by atoms with E-state index >= 15 is 0 Å². The first-order chi connectivity index (χ1) is 8.83. The maximum Gasteiger partial charge on any atom is 0.259 e. The van der Waals surface area contributed by atoms with E-state index in [-0.39, 0.29) is 0 Å². The van der Waals surface area contributed by atoms with Crippen molar-refractivity contribution < 1.29 is 4.52 Å². The van der Waals surface area contributed by atoms with E-state index in [2.05, 4.69) is 20.0 Å². The van der Waals surface area contributed by atoms with Gasteiger partial charge in [-0.05, 0) is 19.1 Å². The maximum absolute atomic E-state index is 5.12. The second kappa shape index (κ2) is 4.97. The summed E-state index contributed by atoms with van der Waals surface area (Å²) in [6.07, 6.45) is 1.80. The molecule has 1 saturated heterocycles. The molecule has 0 aromatic carbocycles. The van der Waals surface area contributed by atoms with Crippen LogP contribution in [-0.4, -0.2) is 39.7 Å². The van der Waals surface area contributed by atoms with Gasteiger partial charge in [-0.15, -0.1) is 0 Å². The van der Waals surface area contributed by atoms with Crippen LogP contribution in [0.2, 0.25) is 0 Å². The summed E-state index contributed by atoms with van der Waals surface area (Å²) in [6, 6.07) is 4.00. The zero-order valence-electron chi connectivity index (χ0n) is 10.2. The van der Waals surface area contributed by atoms with Crippen LogP contribution < -0.4 is 4.90 Å². The Labute approximate surface area is 110 Å². The van der Waals surface area contributed by atoms with E-state index in [0.717, 1.165) is 24.5 Å². The van der Waals surface area contributed by atoms with Gasteiger partial charge in [0.05, 0.1) is 5.56 Å². The summed E-state index contributed by atoms with van der Waals surface area (Å²) in [5, 5.41) is 3.78. The zero-order valence-corrected chi connectivity index (χ0v) is 11.0. The Morgan fingerprint density at radius 3 is 2.72 bits per heavy atom. The van der Waals surface area contributed by atoms with Crippen LogP contribution in [0.5, 0.6) is 0 Å². The van der Waals surface area contributed by atoms with Crippen molar-refractivity contribution in [2.24, 2.45) is 0 Å². The minimum Gasteiger partial charge on any atom is -0.355 e. The highest BCUT2D eigenvalue weighted by Crippen LogP contribution is 2.21. The topological polar surface area (TPSA) is 55.1 Å². The van der Waals surface area contributed by atoms with Gasteiger partial charge in [0, 0.05) is 30.8 Å². The van der Waals surface area contributed by atoms with Crippen molar-refractivity contribution in [3.05, 3.63) is 24.2 Å². The Morgan fingerprint density at radius 2 is 2.11 bits per heavy atom. The lowest BCUT2D eigenvalue weighted by Gasteiger charge is -2.27. The molecular formula is C12H14N4OS. The molecule has 0 saturated carbocycles. The summed E-state index contributed by atoms with van der Waals surface area (Å²) in [5.41, 5.74) is 0.866. The van der Waals surface area contributed by atoms with E-state index in [1.807, 2.05) is 23.9 Å². The van der Waals surface area contributed by atoms with Gasteiger partial charge in [0.25, 0.3) is 5.89 Å². The molecule has 3 heterocycles. The number of aromatic nitrogens is 3. The molecule has 0 N–H and O–H groups in total. The molecule has 3 rings (SSSR count). The van der Waals surface area contributed by atoms with Crippen LogP contribution in [0.25, 0.3) is 11.5 Å². The summed E-state index contributed by atoms with van der Waals surface area (Å²) in [4.78, 5) is 11.0. The van der Waals surface area contributed by atoms with Crippen molar-refractivity contribution in [1.29, 1.82) is 0 Å². The number of hydrogen-bond donors (Lipinski definition) is 0. The van der Waals surface area contributed by atoms with Gasteiger partial charge in [-0.1, -0.05) is 5.16 Å². The van der Waals surface area contributed by atoms with Crippen molar-refractivity contribution in [3.8, 4) is 11.5 Å². The van der Waals surface area contributed by atoms with E-state index in [9.17, 15) is 0 Å². The smallest absolute Gasteiger partial charge is 0.259 e. The van der Waals surface area contributed by atoms with Crippen LogP contribution in [-0.2, 0) is 0 Å². The van der Waals surface area contributed by atoms with Crippen LogP contribution in [0.4, 0.5) is 5.82 Å². The second-order valence-corrected chi connectivity index (χ2v) is 5.38. The largest absolute Gasteiger partial charge is 0.355 e. The van der Waals surface area contributed by atoms with Gasteiger partial charge in [-0.3, -0.25) is 0 Å². The molecule has 94 valence electrons. The highest BCUT2D eigenvalue weighted by Gasteiger charge is 2.13. The van der Waals surface area contributed by atoms with E-state index in [4.69, 9.17) is 4.52 Å². The van der Waals surface area contributed by atoms with Gasteiger partial charge in [0.2, 0.25) is 0 Å². The lowest BCUT2D eigenvalue weighted by Crippen LogP contribution is -2.32. The van der Waals surface area contributed by atoms with Crippen LogP contribution >= 0.6 is 11.8 Å². The fourth-order valence-electron chi connectivity index (χ4n) is 1.91. The maximum atomic E-state index is 5.12. The summed E-state index contributed by atoms with van der Waals surface area (Å²) >= 11 is 1.99. The molecule has 5 nitrogen and oxygen atoms in total. The summed E-state index contributed by atoms with van der Waals surface area (Å²) in [5.74, 6) is 4.54. The number of anilines is 1. The Kier molecular flexibility index (Phi) is 3.19. The molecule has 1 aliphatic rings. The number of thioether (sulfide) groups is 1. The molecule has 2 aromatic heterocycles. The van der Waals surface area contributed by atoms with Gasteiger partial charge in [0.15, 0.2) is 5.82 Å². The zero-order chi connectivity index (χ0) is 12.4. The van der Waals surface area contributed by atoms with Crippen molar-refractivity contribution in [2.45, 2.75) is 6.92 Å². The lowest BCUT2D eigenvalue weighted by atomic mass is 10.2. The monoisotopic (exact) mass is 262 g/mol. The van der Waals surface area contributed by atoms with Gasteiger partial charge in [-0.25, -0.2) is 4.98 Å². The second-order valence-electron chi connectivity index (χ2n) is 4.15. The average molecular weight is 262 g/mol. The Balaban J connectivity index is 1.80. The van der Waals surface area contributed by atoms with Crippen molar-refractivity contribution in [3.63, 3.8) is 0 Å². The predicted octanol–water partition coefficient (Wildman–Crippen LogP) is 1.99. The molecule has 6 heteroatoms. The van der Waals surface area contributed by atoms with Crippen LogP contribution in [0, 0.1) is 6.92 Å². The van der Waals surface area contributed by atoms with Crippen molar-refractivity contribution in [1.82, 2.24) is 15.1 Å². The van der Waals surface area contributed by atoms with Crippen LogP contribution in [0.15, 0.2) is 22.9 Å². The fraction of sp³-hybridized carbons (Fsp3) is 0.417. The van der Waals surface area contributed by atoms with Crippen LogP contribution in [0.3, 0.4) is 0 Å². The molecule has 1 aliphatic heterocycles. The van der Waals surface area contributed by atoms with Gasteiger partial charge < -0.3 is 9.42 Å². The normalized spacial score (nSPS) is 15.9. The van der Waals surface area contributed by atoms with Gasteiger partial charge in [-0.2, -0.15) is 16.7 Å². The first-order valence-electron chi connectivity index (χ1n) is 5.92. The van der Waals surface area contributed by atoms with E-state index in [0.29, 0.717) is 11.7 Å². The van der Waals surface area contributed by atoms with E-state index in [1.54, 1.807) is 13.1 Å². The quantitative estimate of drug-likeness (QED) is 0.825. The van der Waals surface area contributed by atoms with Gasteiger partial charge in [0.1, 0.15) is 5.82 Å². The standard InChI is InChI=1S/C12H14N4OS/c1-9-14-12(17-15-9)10-2-3-11(13-8-10)16-4-6-18-7-5-16/h2-3,8H,4-7H2,1H3. The first kappa shape index (κ1) is 11.5. The number of rotatable bonds is 2. The number of aryl methyl sites for hydroxylation is 1. The molecule has 0 unspecified atom stereocenters. The molecule has 0 radical (unpaired) electrons. The predicted molar refractivity (Wildman–Crippen MR) is 71.8 cm³/mol. The third-order valence-corrected chi connectivity index (χ3v) is 3.80. The molecular weight excluding hydrogens is 248 g/mol. The third-order valence-electron chi connectivity index (χ3n) is 2.86.